The highest BCUT2D eigenvalue weighted by Crippen LogP contribution is 2.29. The monoisotopic (exact) mass is 278 g/mol. The van der Waals surface area contributed by atoms with E-state index in [-0.39, 0.29) is 11.7 Å². The molecule has 3 heteroatoms. The molecule has 2 rings (SSSR count). The lowest BCUT2D eigenvalue weighted by Crippen LogP contribution is -1.93. The van der Waals surface area contributed by atoms with Gasteiger partial charge >= 0.3 is 0 Å². The summed E-state index contributed by atoms with van der Waals surface area (Å²) >= 11 is 5.73. The Labute approximate surface area is 118 Å². The molecule has 0 radical (unpaired) electrons. The highest BCUT2D eigenvalue weighted by Gasteiger charge is 2.07. The summed E-state index contributed by atoms with van der Waals surface area (Å²) in [6, 6.07) is 8.58. The van der Waals surface area contributed by atoms with Crippen LogP contribution in [0.5, 0.6) is 11.5 Å². The van der Waals surface area contributed by atoms with Crippen molar-refractivity contribution >= 4 is 11.6 Å². The summed E-state index contributed by atoms with van der Waals surface area (Å²) in [5.41, 5.74) is 4.04. The van der Waals surface area contributed by atoms with Gasteiger partial charge in [0.05, 0.1) is 0 Å². The first-order valence-electron chi connectivity index (χ1n) is 6.10. The minimum absolute atomic E-state index is 0.264. The number of alkyl halides is 1. The van der Waals surface area contributed by atoms with Crippen molar-refractivity contribution in [2.75, 3.05) is 0 Å². The van der Waals surface area contributed by atoms with Crippen LogP contribution in [0.25, 0.3) is 0 Å². The van der Waals surface area contributed by atoms with Gasteiger partial charge in [0.15, 0.2) is 0 Å². The average molecular weight is 279 g/mol. The molecular formula is C16H16ClFO. The van der Waals surface area contributed by atoms with E-state index < -0.39 is 0 Å². The second kappa shape index (κ2) is 5.62. The van der Waals surface area contributed by atoms with E-state index in [0.29, 0.717) is 11.3 Å². The van der Waals surface area contributed by atoms with E-state index in [0.717, 1.165) is 22.4 Å². The van der Waals surface area contributed by atoms with Crippen LogP contribution in [0, 0.1) is 26.6 Å². The number of aryl methyl sites for hydroxylation is 2. The molecule has 0 N–H and O–H groups in total. The molecule has 2 aromatic carbocycles. The van der Waals surface area contributed by atoms with Crippen LogP contribution in [-0.4, -0.2) is 0 Å². The maximum Gasteiger partial charge on any atom is 0.130 e. The zero-order valence-electron chi connectivity index (χ0n) is 11.3. The van der Waals surface area contributed by atoms with E-state index in [1.807, 2.05) is 26.8 Å². The highest BCUT2D eigenvalue weighted by molar-refractivity contribution is 6.17. The molecule has 0 bridgehead atoms. The zero-order chi connectivity index (χ0) is 14.0. The standard InChI is InChI=1S/C16H16ClFO/c1-10-4-11(2)12(3)16(5-10)19-15-7-13(9-17)6-14(18)8-15/h4-8H,9H2,1-3H3. The van der Waals surface area contributed by atoms with E-state index in [1.165, 1.54) is 12.1 Å². The van der Waals surface area contributed by atoms with E-state index >= 15 is 0 Å². The van der Waals surface area contributed by atoms with Gasteiger partial charge in [-0.1, -0.05) is 6.07 Å². The Bertz CT molecular complexity index is 608. The third kappa shape index (κ3) is 3.27. The molecule has 0 aliphatic rings. The summed E-state index contributed by atoms with van der Waals surface area (Å²) in [6.07, 6.45) is 0. The second-order valence-electron chi connectivity index (χ2n) is 4.74. The molecule has 0 amide bonds. The summed E-state index contributed by atoms with van der Waals surface area (Å²) in [5, 5.41) is 0. The van der Waals surface area contributed by atoms with Crippen molar-refractivity contribution in [1.29, 1.82) is 0 Å². The third-order valence-electron chi connectivity index (χ3n) is 3.08. The lowest BCUT2D eigenvalue weighted by molar-refractivity contribution is 0.471. The fourth-order valence-electron chi connectivity index (χ4n) is 1.99. The molecule has 1 nitrogen and oxygen atoms in total. The number of hydrogen-bond acceptors (Lipinski definition) is 1. The maximum absolute atomic E-state index is 13.4. The molecule has 0 heterocycles. The first-order chi connectivity index (χ1) is 8.99. The predicted octanol–water partition coefficient (Wildman–Crippen LogP) is 5.28. The lowest BCUT2D eigenvalue weighted by Gasteiger charge is -2.12. The fraction of sp³-hybridized carbons (Fsp3) is 0.250. The molecule has 0 atom stereocenters. The maximum atomic E-state index is 13.4. The van der Waals surface area contributed by atoms with Crippen LogP contribution in [0.15, 0.2) is 30.3 Å². The molecule has 0 saturated carbocycles. The van der Waals surface area contributed by atoms with Crippen molar-refractivity contribution in [3.05, 3.63) is 58.4 Å². The second-order valence-corrected chi connectivity index (χ2v) is 5.00. The van der Waals surface area contributed by atoms with Gasteiger partial charge in [0, 0.05) is 11.9 Å². The lowest BCUT2D eigenvalue weighted by atomic mass is 10.1. The number of rotatable bonds is 3. The Kier molecular flexibility index (Phi) is 4.11. The summed E-state index contributed by atoms with van der Waals surface area (Å²) in [6.45, 7) is 6.03. The van der Waals surface area contributed by atoms with Crippen molar-refractivity contribution in [2.45, 2.75) is 26.7 Å². The molecule has 0 saturated heterocycles. The van der Waals surface area contributed by atoms with Crippen molar-refractivity contribution in [3.8, 4) is 11.5 Å². The van der Waals surface area contributed by atoms with Gasteiger partial charge < -0.3 is 4.74 Å². The van der Waals surface area contributed by atoms with Crippen LogP contribution < -0.4 is 4.74 Å². The molecule has 0 spiro atoms. The van der Waals surface area contributed by atoms with Crippen molar-refractivity contribution in [1.82, 2.24) is 0 Å². The van der Waals surface area contributed by atoms with Crippen LogP contribution in [0.3, 0.4) is 0 Å². The molecule has 0 aromatic heterocycles. The number of benzene rings is 2. The summed E-state index contributed by atoms with van der Waals surface area (Å²) < 4.78 is 19.2. The van der Waals surface area contributed by atoms with E-state index in [1.54, 1.807) is 6.07 Å². The smallest absolute Gasteiger partial charge is 0.130 e. The molecule has 100 valence electrons. The first kappa shape index (κ1) is 13.9. The molecule has 0 unspecified atom stereocenters. The summed E-state index contributed by atoms with van der Waals surface area (Å²) in [4.78, 5) is 0. The summed E-state index contributed by atoms with van der Waals surface area (Å²) in [7, 11) is 0. The Morgan fingerprint density at radius 2 is 1.79 bits per heavy atom. The molecule has 0 aliphatic heterocycles. The minimum atomic E-state index is -0.338. The first-order valence-corrected chi connectivity index (χ1v) is 6.64. The average Bonchev–Trinajstić information content (AvgIpc) is 2.34. The van der Waals surface area contributed by atoms with Crippen molar-refractivity contribution < 1.29 is 9.13 Å². The van der Waals surface area contributed by atoms with Gasteiger partial charge in [-0.2, -0.15) is 0 Å². The predicted molar refractivity (Wildman–Crippen MR) is 76.7 cm³/mol. The molecule has 0 aliphatic carbocycles. The van der Waals surface area contributed by atoms with Gasteiger partial charge in [0.2, 0.25) is 0 Å². The van der Waals surface area contributed by atoms with Crippen LogP contribution in [0.2, 0.25) is 0 Å². The van der Waals surface area contributed by atoms with Crippen LogP contribution >= 0.6 is 11.6 Å². The van der Waals surface area contributed by atoms with Gasteiger partial charge in [-0.15, -0.1) is 11.6 Å². The Morgan fingerprint density at radius 1 is 1.05 bits per heavy atom. The highest BCUT2D eigenvalue weighted by atomic mass is 35.5. The normalized spacial score (nSPS) is 10.6. The van der Waals surface area contributed by atoms with Gasteiger partial charge in [0.25, 0.3) is 0 Å². The fourth-order valence-corrected chi connectivity index (χ4v) is 2.14. The largest absolute Gasteiger partial charge is 0.457 e. The van der Waals surface area contributed by atoms with Gasteiger partial charge in [-0.3, -0.25) is 0 Å². The molecule has 0 fully saturated rings. The molecular weight excluding hydrogens is 263 g/mol. The van der Waals surface area contributed by atoms with Gasteiger partial charge in [0.1, 0.15) is 17.3 Å². The van der Waals surface area contributed by atoms with Crippen LogP contribution in [0.1, 0.15) is 22.3 Å². The Balaban J connectivity index is 2.38. The quantitative estimate of drug-likeness (QED) is 0.694. The third-order valence-corrected chi connectivity index (χ3v) is 3.39. The van der Waals surface area contributed by atoms with E-state index in [4.69, 9.17) is 16.3 Å². The topological polar surface area (TPSA) is 9.23 Å². The SMILES string of the molecule is Cc1cc(C)c(C)c(Oc2cc(F)cc(CCl)c2)c1. The van der Waals surface area contributed by atoms with Crippen LogP contribution in [0.4, 0.5) is 4.39 Å². The van der Waals surface area contributed by atoms with E-state index in [2.05, 4.69) is 6.07 Å². The minimum Gasteiger partial charge on any atom is -0.457 e. The number of hydrogen-bond donors (Lipinski definition) is 0. The van der Waals surface area contributed by atoms with E-state index in [9.17, 15) is 4.39 Å². The van der Waals surface area contributed by atoms with Crippen molar-refractivity contribution in [2.24, 2.45) is 0 Å². The zero-order valence-corrected chi connectivity index (χ0v) is 12.0. The number of ether oxygens (including phenoxy) is 1. The summed E-state index contributed by atoms with van der Waals surface area (Å²) in [5.74, 6) is 1.16. The van der Waals surface area contributed by atoms with Gasteiger partial charge in [-0.05, 0) is 61.2 Å². The van der Waals surface area contributed by atoms with Gasteiger partial charge in [-0.25, -0.2) is 4.39 Å². The molecule has 2 aromatic rings. The number of halogens is 2. The molecule has 19 heavy (non-hydrogen) atoms. The van der Waals surface area contributed by atoms with Crippen molar-refractivity contribution in [3.63, 3.8) is 0 Å². The van der Waals surface area contributed by atoms with Crippen LogP contribution in [-0.2, 0) is 5.88 Å². The Hall–Kier alpha value is -1.54. The Morgan fingerprint density at radius 3 is 2.47 bits per heavy atom.